The maximum absolute atomic E-state index is 4.47. The average molecular weight is 189 g/mol. The van der Waals surface area contributed by atoms with Crippen molar-refractivity contribution < 1.29 is 0 Å². The fraction of sp³-hybridized carbons (Fsp3) is 0.615. The van der Waals surface area contributed by atoms with E-state index in [4.69, 9.17) is 0 Å². The Labute approximate surface area is 86.6 Å². The van der Waals surface area contributed by atoms with Crippen molar-refractivity contribution in [2.45, 2.75) is 39.0 Å². The van der Waals surface area contributed by atoms with E-state index in [-0.39, 0.29) is 0 Å². The molecule has 14 heavy (non-hydrogen) atoms. The summed E-state index contributed by atoms with van der Waals surface area (Å²) in [5.41, 5.74) is 1.30. The first-order chi connectivity index (χ1) is 6.75. The van der Waals surface area contributed by atoms with Gasteiger partial charge in [0, 0.05) is 17.8 Å². The Balaban J connectivity index is 2.11. The predicted molar refractivity (Wildman–Crippen MR) is 59.2 cm³/mol. The van der Waals surface area contributed by atoms with Crippen LogP contribution in [0.3, 0.4) is 0 Å². The van der Waals surface area contributed by atoms with E-state index in [1.165, 1.54) is 25.0 Å². The maximum atomic E-state index is 4.47. The van der Waals surface area contributed by atoms with E-state index in [0.29, 0.717) is 5.92 Å². The highest BCUT2D eigenvalue weighted by molar-refractivity contribution is 5.10. The van der Waals surface area contributed by atoms with Gasteiger partial charge in [-0.1, -0.05) is 19.9 Å². The lowest BCUT2D eigenvalue weighted by molar-refractivity contribution is 0.265. The molecule has 0 radical (unpaired) electrons. The van der Waals surface area contributed by atoms with E-state index in [1.54, 1.807) is 0 Å². The first-order valence-corrected chi connectivity index (χ1v) is 5.66. The molecule has 1 aromatic rings. The quantitative estimate of drug-likeness (QED) is 0.657. The molecule has 2 rings (SSSR count). The molecule has 1 heteroatoms. The van der Waals surface area contributed by atoms with Gasteiger partial charge in [0.25, 0.3) is 0 Å². The summed E-state index contributed by atoms with van der Waals surface area (Å²) in [6.45, 7) is 4.73. The van der Waals surface area contributed by atoms with Crippen LogP contribution < -0.4 is 0 Å². The van der Waals surface area contributed by atoms with Gasteiger partial charge in [-0.25, -0.2) is 0 Å². The minimum atomic E-state index is 0.704. The molecule has 1 aromatic heterocycles. The normalized spacial score (nSPS) is 32.9. The van der Waals surface area contributed by atoms with E-state index >= 15 is 0 Å². The molecule has 0 N–H and O–H groups in total. The highest BCUT2D eigenvalue weighted by Gasteiger charge is 2.25. The molecular weight excluding hydrogens is 170 g/mol. The van der Waals surface area contributed by atoms with Crippen LogP contribution in [0.1, 0.15) is 44.7 Å². The van der Waals surface area contributed by atoms with Crippen LogP contribution in [0, 0.1) is 11.8 Å². The molecule has 3 atom stereocenters. The molecule has 1 aliphatic rings. The Morgan fingerprint density at radius 1 is 1.07 bits per heavy atom. The van der Waals surface area contributed by atoms with Crippen molar-refractivity contribution >= 4 is 0 Å². The van der Waals surface area contributed by atoms with Gasteiger partial charge in [0.1, 0.15) is 0 Å². The Kier molecular flexibility index (Phi) is 2.85. The van der Waals surface area contributed by atoms with Gasteiger partial charge in [0.2, 0.25) is 0 Å². The van der Waals surface area contributed by atoms with Gasteiger partial charge in [0.15, 0.2) is 0 Å². The van der Waals surface area contributed by atoms with Gasteiger partial charge in [-0.3, -0.25) is 4.98 Å². The largest absolute Gasteiger partial charge is 0.261 e. The number of hydrogen-bond donors (Lipinski definition) is 0. The summed E-state index contributed by atoms with van der Waals surface area (Å²) in [6.07, 6.45) is 5.95. The van der Waals surface area contributed by atoms with Gasteiger partial charge in [-0.05, 0) is 43.2 Å². The third-order valence-corrected chi connectivity index (χ3v) is 3.28. The van der Waals surface area contributed by atoms with Gasteiger partial charge < -0.3 is 0 Å². The first-order valence-electron chi connectivity index (χ1n) is 5.66. The SMILES string of the molecule is C[C@@H]1CC(c2ccccn2)C[C@H](C)C1. The van der Waals surface area contributed by atoms with Gasteiger partial charge >= 0.3 is 0 Å². The molecule has 1 fully saturated rings. The topological polar surface area (TPSA) is 12.9 Å². The van der Waals surface area contributed by atoms with E-state index in [1.807, 2.05) is 12.3 Å². The van der Waals surface area contributed by atoms with Crippen LogP contribution in [0.2, 0.25) is 0 Å². The number of rotatable bonds is 1. The molecular formula is C13H19N. The molecule has 1 aliphatic carbocycles. The van der Waals surface area contributed by atoms with Gasteiger partial charge in [-0.15, -0.1) is 0 Å². The second-order valence-corrected chi connectivity index (χ2v) is 4.87. The van der Waals surface area contributed by atoms with Crippen LogP contribution >= 0.6 is 0 Å². The molecule has 76 valence electrons. The van der Waals surface area contributed by atoms with Crippen molar-refractivity contribution in [2.75, 3.05) is 0 Å². The highest BCUT2D eigenvalue weighted by Crippen LogP contribution is 2.37. The van der Waals surface area contributed by atoms with E-state index in [9.17, 15) is 0 Å². The van der Waals surface area contributed by atoms with Crippen LogP contribution in [0.4, 0.5) is 0 Å². The molecule has 1 saturated carbocycles. The molecule has 0 saturated heterocycles. The van der Waals surface area contributed by atoms with Crippen molar-refractivity contribution in [3.05, 3.63) is 30.1 Å². The predicted octanol–water partition coefficient (Wildman–Crippen LogP) is 3.62. The summed E-state index contributed by atoms with van der Waals surface area (Å²) < 4.78 is 0. The summed E-state index contributed by atoms with van der Waals surface area (Å²) in [5.74, 6) is 2.44. The average Bonchev–Trinajstić information content (AvgIpc) is 2.18. The molecule has 0 amide bonds. The zero-order valence-corrected chi connectivity index (χ0v) is 9.11. The van der Waals surface area contributed by atoms with Crippen molar-refractivity contribution in [3.8, 4) is 0 Å². The monoisotopic (exact) mass is 189 g/mol. The minimum Gasteiger partial charge on any atom is -0.261 e. The van der Waals surface area contributed by atoms with Gasteiger partial charge in [0.05, 0.1) is 0 Å². The molecule has 0 aliphatic heterocycles. The number of hydrogen-bond acceptors (Lipinski definition) is 1. The van der Waals surface area contributed by atoms with E-state index in [2.05, 4.69) is 31.0 Å². The van der Waals surface area contributed by atoms with Crippen LogP contribution in [-0.2, 0) is 0 Å². The third-order valence-electron chi connectivity index (χ3n) is 3.28. The van der Waals surface area contributed by atoms with Gasteiger partial charge in [-0.2, -0.15) is 0 Å². The highest BCUT2D eigenvalue weighted by atomic mass is 14.7. The second-order valence-electron chi connectivity index (χ2n) is 4.87. The van der Waals surface area contributed by atoms with Crippen LogP contribution in [0.25, 0.3) is 0 Å². The molecule has 0 aromatic carbocycles. The standard InChI is InChI=1S/C13H19N/c1-10-7-11(2)9-12(8-10)13-5-3-4-6-14-13/h3-6,10-12H,7-9H2,1-2H3/t10-,11+,12?. The lowest BCUT2D eigenvalue weighted by atomic mass is 9.75. The molecule has 1 heterocycles. The molecule has 1 unspecified atom stereocenters. The summed E-state index contributed by atoms with van der Waals surface area (Å²) in [5, 5.41) is 0. The molecule has 0 bridgehead atoms. The van der Waals surface area contributed by atoms with Crippen molar-refractivity contribution in [1.82, 2.24) is 4.98 Å². The summed E-state index contributed by atoms with van der Waals surface area (Å²) in [7, 11) is 0. The van der Waals surface area contributed by atoms with Crippen LogP contribution in [0.15, 0.2) is 24.4 Å². The Morgan fingerprint density at radius 3 is 2.36 bits per heavy atom. The zero-order chi connectivity index (χ0) is 9.97. The smallest absolute Gasteiger partial charge is 0.0434 e. The van der Waals surface area contributed by atoms with Crippen molar-refractivity contribution in [1.29, 1.82) is 0 Å². The maximum Gasteiger partial charge on any atom is 0.0434 e. The fourth-order valence-electron chi connectivity index (χ4n) is 2.81. The third kappa shape index (κ3) is 2.14. The first kappa shape index (κ1) is 9.70. The van der Waals surface area contributed by atoms with Crippen LogP contribution in [-0.4, -0.2) is 4.98 Å². The fourth-order valence-corrected chi connectivity index (χ4v) is 2.81. The Morgan fingerprint density at radius 2 is 1.79 bits per heavy atom. The number of nitrogens with zero attached hydrogens (tertiary/aromatic N) is 1. The van der Waals surface area contributed by atoms with Crippen molar-refractivity contribution in [2.24, 2.45) is 11.8 Å². The van der Waals surface area contributed by atoms with E-state index in [0.717, 1.165) is 11.8 Å². The zero-order valence-electron chi connectivity index (χ0n) is 9.11. The molecule has 0 spiro atoms. The van der Waals surface area contributed by atoms with Crippen molar-refractivity contribution in [3.63, 3.8) is 0 Å². The number of pyridine rings is 1. The number of aromatic nitrogens is 1. The van der Waals surface area contributed by atoms with Crippen LogP contribution in [0.5, 0.6) is 0 Å². The van der Waals surface area contributed by atoms with E-state index < -0.39 is 0 Å². The lowest BCUT2D eigenvalue weighted by Gasteiger charge is -2.30. The summed E-state index contributed by atoms with van der Waals surface area (Å²) in [4.78, 5) is 4.47. The lowest BCUT2D eigenvalue weighted by Crippen LogP contribution is -2.18. The minimum absolute atomic E-state index is 0.704. The molecule has 1 nitrogen and oxygen atoms in total. The Hall–Kier alpha value is -0.850. The Bertz CT molecular complexity index is 271. The summed E-state index contributed by atoms with van der Waals surface area (Å²) >= 11 is 0. The second kappa shape index (κ2) is 4.12. The summed E-state index contributed by atoms with van der Waals surface area (Å²) in [6, 6.07) is 6.28.